The Morgan fingerprint density at radius 2 is 1.90 bits per heavy atom. The molecule has 3 rings (SSSR count). The molecule has 106 valence electrons. The van der Waals surface area contributed by atoms with Gasteiger partial charge in [-0.1, -0.05) is 23.8 Å². The number of nitrogens with one attached hydrogen (secondary N) is 1. The summed E-state index contributed by atoms with van der Waals surface area (Å²) in [5.74, 6) is 0.0443. The van der Waals surface area contributed by atoms with Crippen LogP contribution < -0.4 is 11.1 Å². The summed E-state index contributed by atoms with van der Waals surface area (Å²) in [4.78, 5) is 12.2. The summed E-state index contributed by atoms with van der Waals surface area (Å²) < 4.78 is 5.57. The van der Waals surface area contributed by atoms with Crippen LogP contribution in [0.15, 0.2) is 52.9 Å². The van der Waals surface area contributed by atoms with Crippen LogP contribution in [0.2, 0.25) is 0 Å². The van der Waals surface area contributed by atoms with E-state index in [4.69, 9.17) is 10.2 Å². The lowest BCUT2D eigenvalue weighted by Crippen LogP contribution is -2.10. The lowest BCUT2D eigenvalue weighted by atomic mass is 10.2. The number of anilines is 1. The van der Waals surface area contributed by atoms with E-state index in [2.05, 4.69) is 5.32 Å². The highest BCUT2D eigenvalue weighted by Crippen LogP contribution is 2.21. The molecule has 4 heteroatoms. The third-order valence-electron chi connectivity index (χ3n) is 3.34. The fourth-order valence-corrected chi connectivity index (χ4v) is 2.19. The van der Waals surface area contributed by atoms with E-state index in [0.29, 0.717) is 23.6 Å². The van der Waals surface area contributed by atoms with Crippen molar-refractivity contribution in [3.05, 3.63) is 65.4 Å². The first kappa shape index (κ1) is 13.4. The zero-order chi connectivity index (χ0) is 14.8. The third kappa shape index (κ3) is 2.80. The van der Waals surface area contributed by atoms with Crippen molar-refractivity contribution in [3.63, 3.8) is 0 Å². The molecule has 0 bridgehead atoms. The number of hydrogen-bond acceptors (Lipinski definition) is 3. The molecule has 1 aromatic heterocycles. The maximum atomic E-state index is 12.2. The van der Waals surface area contributed by atoms with Gasteiger partial charge in [-0.15, -0.1) is 0 Å². The topological polar surface area (TPSA) is 68.3 Å². The molecular weight excluding hydrogens is 264 g/mol. The predicted molar refractivity (Wildman–Crippen MR) is 83.2 cm³/mol. The van der Waals surface area contributed by atoms with Crippen molar-refractivity contribution in [3.8, 4) is 0 Å². The molecule has 0 aliphatic rings. The Morgan fingerprint density at radius 3 is 2.62 bits per heavy atom. The number of amides is 1. The van der Waals surface area contributed by atoms with Crippen LogP contribution in [-0.4, -0.2) is 5.91 Å². The molecule has 1 amide bonds. The molecule has 0 saturated heterocycles. The van der Waals surface area contributed by atoms with Gasteiger partial charge >= 0.3 is 0 Å². The number of rotatable bonds is 3. The van der Waals surface area contributed by atoms with Crippen LogP contribution in [0.25, 0.3) is 11.0 Å². The first-order chi connectivity index (χ1) is 10.2. The summed E-state index contributed by atoms with van der Waals surface area (Å²) >= 11 is 0. The largest absolute Gasteiger partial charge is 0.451 e. The van der Waals surface area contributed by atoms with E-state index in [1.807, 2.05) is 49.4 Å². The van der Waals surface area contributed by atoms with Crippen LogP contribution in [0.3, 0.4) is 0 Å². The van der Waals surface area contributed by atoms with Gasteiger partial charge in [0.15, 0.2) is 5.76 Å². The molecule has 0 atom stereocenters. The maximum absolute atomic E-state index is 12.2. The summed E-state index contributed by atoms with van der Waals surface area (Å²) in [6, 6.07) is 15.0. The maximum Gasteiger partial charge on any atom is 0.291 e. The Hall–Kier alpha value is -2.59. The van der Waals surface area contributed by atoms with Gasteiger partial charge in [-0.05, 0) is 42.8 Å². The molecule has 0 unspecified atom stereocenters. The summed E-state index contributed by atoms with van der Waals surface area (Å²) in [5.41, 5.74) is 9.13. The van der Waals surface area contributed by atoms with Crippen LogP contribution in [0.1, 0.15) is 21.7 Å². The number of hydrogen-bond donors (Lipinski definition) is 2. The standard InChI is InChI=1S/C17H16N2O2/c1-11-2-7-15-13(8-11)9-16(21-15)17(20)19-14-5-3-12(10-18)4-6-14/h2-9H,10,18H2,1H3,(H,19,20). The van der Waals surface area contributed by atoms with Crippen molar-refractivity contribution >= 4 is 22.6 Å². The van der Waals surface area contributed by atoms with Gasteiger partial charge in [0.25, 0.3) is 5.91 Å². The molecule has 2 aromatic carbocycles. The monoisotopic (exact) mass is 280 g/mol. The zero-order valence-electron chi connectivity index (χ0n) is 11.7. The van der Waals surface area contributed by atoms with Gasteiger partial charge < -0.3 is 15.5 Å². The number of nitrogens with two attached hydrogens (primary N) is 1. The van der Waals surface area contributed by atoms with Crippen molar-refractivity contribution in [2.24, 2.45) is 5.73 Å². The van der Waals surface area contributed by atoms with Gasteiger partial charge in [0.05, 0.1) is 0 Å². The van der Waals surface area contributed by atoms with Crippen molar-refractivity contribution in [2.75, 3.05) is 5.32 Å². The van der Waals surface area contributed by atoms with Crippen molar-refractivity contribution in [1.82, 2.24) is 0 Å². The first-order valence-electron chi connectivity index (χ1n) is 6.76. The second kappa shape index (κ2) is 5.42. The van der Waals surface area contributed by atoms with E-state index in [1.54, 1.807) is 6.07 Å². The van der Waals surface area contributed by atoms with Crippen LogP contribution in [0, 0.1) is 6.92 Å². The minimum atomic E-state index is -0.260. The van der Waals surface area contributed by atoms with E-state index >= 15 is 0 Å². The Balaban J connectivity index is 1.82. The molecule has 0 saturated carbocycles. The van der Waals surface area contributed by atoms with Gasteiger partial charge in [-0.3, -0.25) is 4.79 Å². The van der Waals surface area contributed by atoms with Gasteiger partial charge in [-0.25, -0.2) is 0 Å². The average Bonchev–Trinajstić information content (AvgIpc) is 2.91. The van der Waals surface area contributed by atoms with Gasteiger partial charge in [0.1, 0.15) is 5.58 Å². The Morgan fingerprint density at radius 1 is 1.14 bits per heavy atom. The molecular formula is C17H16N2O2. The number of carbonyl (C=O) groups excluding carboxylic acids is 1. The molecule has 3 N–H and O–H groups in total. The fourth-order valence-electron chi connectivity index (χ4n) is 2.19. The summed E-state index contributed by atoms with van der Waals surface area (Å²) in [6.07, 6.45) is 0. The van der Waals surface area contributed by atoms with E-state index in [-0.39, 0.29) is 5.91 Å². The number of carbonyl (C=O) groups is 1. The van der Waals surface area contributed by atoms with Crippen LogP contribution >= 0.6 is 0 Å². The highest BCUT2D eigenvalue weighted by Gasteiger charge is 2.12. The van der Waals surface area contributed by atoms with E-state index < -0.39 is 0 Å². The summed E-state index contributed by atoms with van der Waals surface area (Å²) in [7, 11) is 0. The lowest BCUT2D eigenvalue weighted by Gasteiger charge is -2.03. The lowest BCUT2D eigenvalue weighted by molar-refractivity contribution is 0.0998. The summed E-state index contributed by atoms with van der Waals surface area (Å²) in [5, 5.41) is 3.74. The Kier molecular flexibility index (Phi) is 3.46. The fraction of sp³-hybridized carbons (Fsp3) is 0.118. The van der Waals surface area contributed by atoms with E-state index in [9.17, 15) is 4.79 Å². The molecule has 0 radical (unpaired) electrons. The first-order valence-corrected chi connectivity index (χ1v) is 6.76. The minimum Gasteiger partial charge on any atom is -0.451 e. The highest BCUT2D eigenvalue weighted by molar-refractivity contribution is 6.04. The number of fused-ring (bicyclic) bond motifs is 1. The second-order valence-corrected chi connectivity index (χ2v) is 5.01. The molecule has 1 heterocycles. The predicted octanol–water partition coefficient (Wildman–Crippen LogP) is 3.45. The molecule has 3 aromatic rings. The van der Waals surface area contributed by atoms with E-state index in [0.717, 1.165) is 16.5 Å². The summed E-state index contributed by atoms with van der Waals surface area (Å²) in [6.45, 7) is 2.49. The Bertz CT molecular complexity index is 788. The smallest absolute Gasteiger partial charge is 0.291 e. The Labute approximate surface area is 122 Å². The quantitative estimate of drug-likeness (QED) is 0.772. The highest BCUT2D eigenvalue weighted by atomic mass is 16.3. The van der Waals surface area contributed by atoms with E-state index in [1.165, 1.54) is 0 Å². The van der Waals surface area contributed by atoms with Crippen molar-refractivity contribution in [2.45, 2.75) is 13.5 Å². The van der Waals surface area contributed by atoms with Crippen LogP contribution in [-0.2, 0) is 6.54 Å². The number of benzene rings is 2. The molecule has 0 aliphatic heterocycles. The average molecular weight is 280 g/mol. The number of aryl methyl sites for hydroxylation is 1. The zero-order valence-corrected chi connectivity index (χ0v) is 11.7. The molecule has 0 spiro atoms. The minimum absolute atomic E-state index is 0.260. The molecule has 0 fully saturated rings. The molecule has 0 aliphatic carbocycles. The van der Waals surface area contributed by atoms with Crippen molar-refractivity contribution in [1.29, 1.82) is 0 Å². The van der Waals surface area contributed by atoms with Gasteiger partial charge in [0, 0.05) is 17.6 Å². The van der Waals surface area contributed by atoms with Crippen LogP contribution in [0.4, 0.5) is 5.69 Å². The SMILES string of the molecule is Cc1ccc2oc(C(=O)Nc3ccc(CN)cc3)cc2c1. The van der Waals surface area contributed by atoms with Crippen LogP contribution in [0.5, 0.6) is 0 Å². The molecule has 4 nitrogen and oxygen atoms in total. The van der Waals surface area contributed by atoms with Gasteiger partial charge in [-0.2, -0.15) is 0 Å². The second-order valence-electron chi connectivity index (χ2n) is 5.01. The third-order valence-corrected chi connectivity index (χ3v) is 3.34. The number of furan rings is 1. The molecule has 21 heavy (non-hydrogen) atoms. The van der Waals surface area contributed by atoms with Crippen molar-refractivity contribution < 1.29 is 9.21 Å². The normalized spacial score (nSPS) is 10.8. The van der Waals surface area contributed by atoms with Gasteiger partial charge in [0.2, 0.25) is 0 Å².